The summed E-state index contributed by atoms with van der Waals surface area (Å²) in [5.74, 6) is 0.786. The second-order valence-electron chi connectivity index (χ2n) is 7.26. The van der Waals surface area contributed by atoms with E-state index in [-0.39, 0.29) is 0 Å². The topological polar surface area (TPSA) is 104 Å². The Kier molecular flexibility index (Phi) is 6.78. The molecular weight excluding hydrogens is 442 g/mol. The third kappa shape index (κ3) is 4.29. The quantitative estimate of drug-likeness (QED) is 0.443. The monoisotopic (exact) mass is 465 g/mol. The van der Waals surface area contributed by atoms with Crippen LogP contribution in [0.4, 0.5) is 0 Å². The first-order valence-electron chi connectivity index (χ1n) is 9.95. The minimum atomic E-state index is -1.46. The third-order valence-electron chi connectivity index (χ3n) is 5.28. The molecule has 3 aromatic rings. The first kappa shape index (κ1) is 22.4. The second kappa shape index (κ2) is 9.38. The second-order valence-corrected chi connectivity index (χ2v) is 8.78. The maximum atomic E-state index is 10.6. The fourth-order valence-electron chi connectivity index (χ4n) is 3.73. The van der Waals surface area contributed by atoms with Crippen molar-refractivity contribution >= 4 is 34.3 Å². The van der Waals surface area contributed by atoms with Crippen LogP contribution in [-0.2, 0) is 4.74 Å². The van der Waals surface area contributed by atoms with Gasteiger partial charge in [-0.15, -0.1) is 0 Å². The van der Waals surface area contributed by atoms with Crippen LogP contribution in [0.1, 0.15) is 13.2 Å². The fraction of sp³-hybridized carbons (Fsp3) is 0.364. The lowest BCUT2D eigenvalue weighted by atomic mass is 9.98. The van der Waals surface area contributed by atoms with Gasteiger partial charge in [-0.2, -0.15) is 0 Å². The van der Waals surface area contributed by atoms with Crippen molar-refractivity contribution in [2.24, 2.45) is 0 Å². The Bertz CT molecular complexity index is 1040. The summed E-state index contributed by atoms with van der Waals surface area (Å²) in [7, 11) is 0. The fourth-order valence-corrected chi connectivity index (χ4v) is 5.07. The van der Waals surface area contributed by atoms with Gasteiger partial charge in [0.15, 0.2) is 6.23 Å². The predicted octanol–water partition coefficient (Wildman–Crippen LogP) is 2.82. The van der Waals surface area contributed by atoms with Gasteiger partial charge in [-0.25, -0.2) is 0 Å². The largest absolute Gasteiger partial charge is 0.494 e. The molecule has 1 fully saturated rings. The smallest absolute Gasteiger partial charge is 0.163 e. The highest BCUT2D eigenvalue weighted by Gasteiger charge is 2.44. The van der Waals surface area contributed by atoms with Gasteiger partial charge in [0.05, 0.1) is 23.8 Å². The number of aliphatic hydroxyl groups is 4. The number of ether oxygens (including phenoxy) is 2. The molecule has 7 nitrogen and oxygen atoms in total. The zero-order valence-electron chi connectivity index (χ0n) is 16.8. The van der Waals surface area contributed by atoms with Crippen LogP contribution in [0.2, 0.25) is 5.02 Å². The maximum Gasteiger partial charge on any atom is 0.163 e. The Morgan fingerprint density at radius 3 is 2.48 bits per heavy atom. The van der Waals surface area contributed by atoms with Crippen LogP contribution in [0.3, 0.4) is 0 Å². The number of aromatic nitrogens is 1. The van der Waals surface area contributed by atoms with E-state index in [0.717, 1.165) is 20.9 Å². The lowest BCUT2D eigenvalue weighted by Crippen LogP contribution is -2.56. The van der Waals surface area contributed by atoms with Crippen LogP contribution in [0.15, 0.2) is 58.5 Å². The lowest BCUT2D eigenvalue weighted by Gasteiger charge is -2.40. The molecule has 0 bridgehead atoms. The Labute approximate surface area is 188 Å². The highest BCUT2D eigenvalue weighted by atomic mass is 35.5. The van der Waals surface area contributed by atoms with Crippen molar-refractivity contribution in [1.29, 1.82) is 0 Å². The van der Waals surface area contributed by atoms with Gasteiger partial charge < -0.3 is 34.5 Å². The third-order valence-corrected chi connectivity index (χ3v) is 6.63. The van der Waals surface area contributed by atoms with Gasteiger partial charge in [0, 0.05) is 21.4 Å². The Morgan fingerprint density at radius 2 is 1.81 bits per heavy atom. The minimum Gasteiger partial charge on any atom is -0.494 e. The first-order valence-corrected chi connectivity index (χ1v) is 11.1. The van der Waals surface area contributed by atoms with E-state index in [4.69, 9.17) is 21.1 Å². The molecule has 2 aromatic carbocycles. The number of aliphatic hydroxyl groups excluding tert-OH is 4. The molecule has 1 aliphatic heterocycles. The van der Waals surface area contributed by atoms with Crippen LogP contribution >= 0.6 is 23.4 Å². The summed E-state index contributed by atoms with van der Waals surface area (Å²) in [6, 6.07) is 13.1. The zero-order chi connectivity index (χ0) is 22.1. The summed E-state index contributed by atoms with van der Waals surface area (Å²) >= 11 is 8.00. The first-order chi connectivity index (χ1) is 14.9. The van der Waals surface area contributed by atoms with Gasteiger partial charge in [0.2, 0.25) is 0 Å². The molecule has 0 saturated carbocycles. The normalized spacial score (nSPS) is 26.3. The average Bonchev–Trinajstić information content (AvgIpc) is 3.13. The molecule has 0 unspecified atom stereocenters. The average molecular weight is 466 g/mol. The standard InChI is InChI=1S/C22H24ClNO6S/c1-2-29-12-6-8-13(9-7-12)31-17-10-24(15-5-3-4-14(23)18(15)17)22-21(28)20(27)19(26)16(11-25)30-22/h3-10,16,19-22,25-28H,2,11H2,1H3/t16-,19-,20+,21-,22-/m1/s1. The van der Waals surface area contributed by atoms with E-state index in [9.17, 15) is 20.4 Å². The molecular formula is C22H24ClNO6S. The van der Waals surface area contributed by atoms with E-state index in [0.29, 0.717) is 17.1 Å². The van der Waals surface area contributed by atoms with E-state index in [1.807, 2.05) is 37.3 Å². The van der Waals surface area contributed by atoms with Crippen molar-refractivity contribution < 1.29 is 29.9 Å². The van der Waals surface area contributed by atoms with Crippen molar-refractivity contribution in [3.8, 4) is 5.75 Å². The number of rotatable bonds is 6. The molecule has 1 aliphatic rings. The number of halogens is 1. The number of benzene rings is 2. The van der Waals surface area contributed by atoms with E-state index >= 15 is 0 Å². The zero-order valence-corrected chi connectivity index (χ0v) is 18.3. The summed E-state index contributed by atoms with van der Waals surface area (Å²) in [5, 5.41) is 41.8. The van der Waals surface area contributed by atoms with Crippen LogP contribution < -0.4 is 4.74 Å². The highest BCUT2D eigenvalue weighted by Crippen LogP contribution is 2.42. The van der Waals surface area contributed by atoms with Crippen LogP contribution in [0.5, 0.6) is 5.75 Å². The maximum absolute atomic E-state index is 10.6. The molecule has 4 rings (SSSR count). The molecule has 5 atom stereocenters. The van der Waals surface area contributed by atoms with E-state index in [1.54, 1.807) is 22.9 Å². The molecule has 4 N–H and O–H groups in total. The Morgan fingerprint density at radius 1 is 1.06 bits per heavy atom. The van der Waals surface area contributed by atoms with Crippen LogP contribution in [0.25, 0.3) is 10.9 Å². The lowest BCUT2D eigenvalue weighted by molar-refractivity contribution is -0.250. The molecule has 1 saturated heterocycles. The van der Waals surface area contributed by atoms with Gasteiger partial charge in [0.1, 0.15) is 30.2 Å². The van der Waals surface area contributed by atoms with Gasteiger partial charge in [-0.3, -0.25) is 0 Å². The van der Waals surface area contributed by atoms with Crippen molar-refractivity contribution in [2.75, 3.05) is 13.2 Å². The molecule has 1 aromatic heterocycles. The number of hydrogen-bond donors (Lipinski definition) is 4. The van der Waals surface area contributed by atoms with Crippen LogP contribution in [0, 0.1) is 0 Å². The summed E-state index contributed by atoms with van der Waals surface area (Å²) in [6.07, 6.45) is -4.48. The van der Waals surface area contributed by atoms with Gasteiger partial charge in [-0.1, -0.05) is 29.4 Å². The SMILES string of the molecule is CCOc1ccc(Sc2cn([C@@H]3O[C@H](CO)[C@@H](O)[C@H](O)[C@H]3O)c3cccc(Cl)c23)cc1. The predicted molar refractivity (Wildman–Crippen MR) is 118 cm³/mol. The number of hydrogen-bond acceptors (Lipinski definition) is 7. The number of nitrogens with zero attached hydrogens (tertiary/aromatic N) is 1. The summed E-state index contributed by atoms with van der Waals surface area (Å²) in [6.45, 7) is 2.03. The molecule has 0 amide bonds. The molecule has 0 radical (unpaired) electrons. The van der Waals surface area contributed by atoms with E-state index in [1.165, 1.54) is 11.8 Å². The van der Waals surface area contributed by atoms with Crippen molar-refractivity contribution in [3.63, 3.8) is 0 Å². The molecule has 0 aliphatic carbocycles. The molecule has 9 heteroatoms. The van der Waals surface area contributed by atoms with Gasteiger partial charge in [-0.05, 0) is 43.3 Å². The van der Waals surface area contributed by atoms with Crippen molar-refractivity contribution in [3.05, 3.63) is 53.7 Å². The van der Waals surface area contributed by atoms with E-state index < -0.39 is 37.3 Å². The highest BCUT2D eigenvalue weighted by molar-refractivity contribution is 7.99. The Balaban J connectivity index is 1.73. The van der Waals surface area contributed by atoms with E-state index in [2.05, 4.69) is 0 Å². The molecule has 0 spiro atoms. The molecule has 31 heavy (non-hydrogen) atoms. The van der Waals surface area contributed by atoms with Gasteiger partial charge >= 0.3 is 0 Å². The van der Waals surface area contributed by atoms with Crippen molar-refractivity contribution in [1.82, 2.24) is 4.57 Å². The summed E-state index contributed by atoms with van der Waals surface area (Å²) < 4.78 is 12.9. The molecule has 166 valence electrons. The summed E-state index contributed by atoms with van der Waals surface area (Å²) in [4.78, 5) is 1.80. The number of fused-ring (bicyclic) bond motifs is 1. The minimum absolute atomic E-state index is 0.491. The Hall–Kier alpha value is -1.78. The van der Waals surface area contributed by atoms with Crippen molar-refractivity contribution in [2.45, 2.75) is 47.4 Å². The summed E-state index contributed by atoms with van der Waals surface area (Å²) in [5.41, 5.74) is 0.699. The molecule has 2 heterocycles. The van der Waals surface area contributed by atoms with Crippen LogP contribution in [-0.4, -0.2) is 62.6 Å². The van der Waals surface area contributed by atoms with Gasteiger partial charge in [0.25, 0.3) is 0 Å².